The maximum atomic E-state index is 14.7. The number of hydrogen-bond donors (Lipinski definition) is 3. The number of methoxy groups -OCH3 is 2. The molecule has 3 saturated heterocycles. The van der Waals surface area contributed by atoms with E-state index >= 15 is 0 Å². The van der Waals surface area contributed by atoms with Gasteiger partial charge in [-0.2, -0.15) is 0 Å². The monoisotopic (exact) mass is 916 g/mol. The van der Waals surface area contributed by atoms with E-state index in [1.54, 1.807) is 40.5 Å². The maximum Gasteiger partial charge on any atom is 0.311 e. The number of hydrogen-bond acceptors (Lipinski definition) is 16. The van der Waals surface area contributed by atoms with Crippen molar-refractivity contribution < 1.29 is 53.3 Å². The number of aliphatic hydroxyl groups excluding tert-OH is 3. The van der Waals surface area contributed by atoms with Gasteiger partial charge in [-0.25, -0.2) is 0 Å². The second kappa shape index (κ2) is 23.5. The van der Waals surface area contributed by atoms with E-state index in [4.69, 9.17) is 33.2 Å². The molecule has 2 aromatic heterocycles. The second-order valence-electron chi connectivity index (χ2n) is 20.1. The number of likely N-dealkylation sites (N-methyl/N-ethyl adjacent to an activating group) is 2. The van der Waals surface area contributed by atoms with E-state index in [-0.39, 0.29) is 43.1 Å². The van der Waals surface area contributed by atoms with E-state index in [1.165, 1.54) is 0 Å². The van der Waals surface area contributed by atoms with Crippen LogP contribution in [0.15, 0.2) is 49.1 Å². The fourth-order valence-electron chi connectivity index (χ4n) is 10.4. The highest BCUT2D eigenvalue weighted by Gasteiger charge is 2.52. The van der Waals surface area contributed by atoms with Gasteiger partial charge in [-0.05, 0) is 104 Å². The number of carbonyl (C=O) groups is 1. The van der Waals surface area contributed by atoms with Crippen LogP contribution in [0.3, 0.4) is 0 Å². The molecule has 3 N–H and O–H groups in total. The van der Waals surface area contributed by atoms with Gasteiger partial charge in [0.05, 0.1) is 53.7 Å². The van der Waals surface area contributed by atoms with Gasteiger partial charge in [0.25, 0.3) is 0 Å². The molecule has 368 valence electrons. The van der Waals surface area contributed by atoms with Crippen LogP contribution in [0.1, 0.15) is 85.8 Å². The summed E-state index contributed by atoms with van der Waals surface area (Å²) < 4.78 is 45.4. The van der Waals surface area contributed by atoms with Crippen LogP contribution in [0.25, 0.3) is 0 Å². The Morgan fingerprint density at radius 3 is 2.02 bits per heavy atom. The molecule has 3 aliphatic heterocycles. The lowest BCUT2D eigenvalue weighted by molar-refractivity contribution is -0.319. The first-order chi connectivity index (χ1) is 30.7. The molecule has 16 heteroatoms. The Bertz CT molecular complexity index is 1690. The molecule has 3 fully saturated rings. The van der Waals surface area contributed by atoms with Crippen LogP contribution in [-0.2, 0) is 51.0 Å². The van der Waals surface area contributed by atoms with Crippen LogP contribution < -0.4 is 0 Å². The molecule has 0 aromatic carbocycles. The van der Waals surface area contributed by atoms with Crippen molar-refractivity contribution in [1.82, 2.24) is 24.7 Å². The number of ether oxygens (including phenoxy) is 7. The first-order valence-electron chi connectivity index (χ1n) is 23.5. The summed E-state index contributed by atoms with van der Waals surface area (Å²) in [5.41, 5.74) is -0.0180. The van der Waals surface area contributed by atoms with Crippen molar-refractivity contribution in [3.05, 3.63) is 60.2 Å². The molecule has 65 heavy (non-hydrogen) atoms. The molecule has 5 rings (SSSR count). The number of rotatable bonds is 13. The lowest BCUT2D eigenvalue weighted by Gasteiger charge is -2.49. The molecule has 0 amide bonds. The van der Waals surface area contributed by atoms with Gasteiger partial charge < -0.3 is 53.4 Å². The van der Waals surface area contributed by atoms with Crippen LogP contribution in [0.4, 0.5) is 0 Å². The Kier molecular flexibility index (Phi) is 19.3. The Balaban J connectivity index is 1.56. The van der Waals surface area contributed by atoms with Crippen molar-refractivity contribution in [3.8, 4) is 0 Å². The number of aromatic nitrogens is 2. The number of cyclic esters (lactones) is 1. The van der Waals surface area contributed by atoms with Crippen molar-refractivity contribution in [2.45, 2.75) is 166 Å². The van der Waals surface area contributed by atoms with Gasteiger partial charge in [0, 0.05) is 83.6 Å². The third-order valence-corrected chi connectivity index (χ3v) is 14.5. The average Bonchev–Trinajstić information content (AvgIpc) is 3.28. The zero-order valence-electron chi connectivity index (χ0n) is 41.3. The van der Waals surface area contributed by atoms with E-state index in [2.05, 4.69) is 19.8 Å². The quantitative estimate of drug-likeness (QED) is 0.244. The first-order valence-corrected chi connectivity index (χ1v) is 23.5. The molecule has 3 aliphatic rings. The van der Waals surface area contributed by atoms with E-state index in [0.29, 0.717) is 39.0 Å². The summed E-state index contributed by atoms with van der Waals surface area (Å²) in [4.78, 5) is 29.9. The Morgan fingerprint density at radius 2 is 1.46 bits per heavy atom. The van der Waals surface area contributed by atoms with Crippen molar-refractivity contribution in [2.24, 2.45) is 23.7 Å². The lowest BCUT2D eigenvalue weighted by Crippen LogP contribution is -2.61. The summed E-state index contributed by atoms with van der Waals surface area (Å²) >= 11 is 0. The number of nitrogens with zero attached hydrogens (tertiary/aromatic N) is 5. The van der Waals surface area contributed by atoms with E-state index < -0.39 is 78.2 Å². The summed E-state index contributed by atoms with van der Waals surface area (Å²) in [6, 6.07) is 7.41. The molecular weight excluding hydrogens is 835 g/mol. The molecule has 17 atom stereocenters. The van der Waals surface area contributed by atoms with Gasteiger partial charge in [-0.15, -0.1) is 0 Å². The highest BCUT2D eigenvalue weighted by Crippen LogP contribution is 2.41. The predicted molar refractivity (Wildman–Crippen MR) is 245 cm³/mol. The molecule has 0 unspecified atom stereocenters. The molecular formula is C49H81N5O11. The van der Waals surface area contributed by atoms with Crippen LogP contribution >= 0.6 is 0 Å². The number of esters is 1. The molecule has 0 bridgehead atoms. The van der Waals surface area contributed by atoms with Gasteiger partial charge in [0.15, 0.2) is 12.6 Å². The topological polar surface area (TPSA) is 178 Å². The van der Waals surface area contributed by atoms with Crippen molar-refractivity contribution in [2.75, 3.05) is 55.1 Å². The smallest absolute Gasteiger partial charge is 0.311 e. The fraction of sp³-hybridized carbons (Fsp3) is 0.776. The Hall–Kier alpha value is -2.71. The number of carbonyl (C=O) groups excluding carboxylic acids is 1. The molecule has 0 saturated carbocycles. The summed E-state index contributed by atoms with van der Waals surface area (Å²) in [5, 5.41) is 35.1. The van der Waals surface area contributed by atoms with Crippen molar-refractivity contribution in [1.29, 1.82) is 0 Å². The highest BCUT2D eigenvalue weighted by molar-refractivity contribution is 5.72. The number of pyridine rings is 2. The van der Waals surface area contributed by atoms with Gasteiger partial charge in [-0.3, -0.25) is 24.6 Å². The molecule has 5 heterocycles. The van der Waals surface area contributed by atoms with Gasteiger partial charge in [0.1, 0.15) is 18.8 Å². The van der Waals surface area contributed by atoms with E-state index in [9.17, 15) is 20.1 Å². The summed E-state index contributed by atoms with van der Waals surface area (Å²) in [7, 11) is 9.03. The predicted octanol–water partition coefficient (Wildman–Crippen LogP) is 4.13. The molecule has 16 nitrogen and oxygen atoms in total. The van der Waals surface area contributed by atoms with Gasteiger partial charge >= 0.3 is 5.97 Å². The van der Waals surface area contributed by atoms with E-state index in [0.717, 1.165) is 11.1 Å². The SMILES string of the molecule is CO[C@]1(C)C[C@H](O[C@H]2[C@H](C)[C@@H](O[C@@H]3O[C@H](C)C[C@H](N(C)C)[C@H]3O)[C@@](C)(OC)C[C@@H](C)[C@H](O)[C@H](C)CN(C)[C@@H](CN(Cc3cccnc3)Cc3cccnc3)COC(=O)[C@@H]2C)O[C@@H](C)[C@@H]1O. The van der Waals surface area contributed by atoms with Crippen LogP contribution in [0.5, 0.6) is 0 Å². The van der Waals surface area contributed by atoms with Crippen molar-refractivity contribution in [3.63, 3.8) is 0 Å². The van der Waals surface area contributed by atoms with Crippen LogP contribution in [0.2, 0.25) is 0 Å². The molecule has 2 aromatic rings. The normalized spacial score (nSPS) is 39.7. The Morgan fingerprint density at radius 1 is 0.846 bits per heavy atom. The van der Waals surface area contributed by atoms with Crippen molar-refractivity contribution >= 4 is 5.97 Å². The highest BCUT2D eigenvalue weighted by atomic mass is 16.7. The zero-order valence-corrected chi connectivity index (χ0v) is 41.3. The summed E-state index contributed by atoms with van der Waals surface area (Å²) in [6.07, 6.45) is 1.10. The van der Waals surface area contributed by atoms with Crippen LogP contribution in [0, 0.1) is 23.7 Å². The van der Waals surface area contributed by atoms with Gasteiger partial charge in [-0.1, -0.05) is 32.9 Å². The summed E-state index contributed by atoms with van der Waals surface area (Å²) in [5.74, 6) is -2.47. The van der Waals surface area contributed by atoms with E-state index in [1.807, 2.05) is 104 Å². The largest absolute Gasteiger partial charge is 0.464 e. The second-order valence-corrected chi connectivity index (χ2v) is 20.1. The minimum absolute atomic E-state index is 0.0578. The number of aliphatic hydroxyl groups is 3. The molecule has 0 aliphatic carbocycles. The van der Waals surface area contributed by atoms with Crippen LogP contribution in [-0.4, -0.2) is 180 Å². The lowest BCUT2D eigenvalue weighted by atomic mass is 9.75. The minimum atomic E-state index is -1.10. The fourth-order valence-corrected chi connectivity index (χ4v) is 10.4. The summed E-state index contributed by atoms with van der Waals surface area (Å²) in [6.45, 7) is 17.6. The molecule has 0 spiro atoms. The zero-order chi connectivity index (χ0) is 47.8. The maximum absolute atomic E-state index is 14.7. The first kappa shape index (κ1) is 53.2. The third kappa shape index (κ3) is 13.5. The average molecular weight is 916 g/mol. The minimum Gasteiger partial charge on any atom is -0.464 e. The molecule has 0 radical (unpaired) electrons. The van der Waals surface area contributed by atoms with Gasteiger partial charge in [0.2, 0.25) is 0 Å². The third-order valence-electron chi connectivity index (χ3n) is 14.5. The Labute approximate surface area is 388 Å². The standard InChI is InChI=1S/C49H81N5O11/c1-30-21-49(8,60-13)45(65-47-42(56)39(52(9)10)20-32(3)62-47)33(4)43(64-40-22-48(7,59-12)44(57)35(6)63-40)34(5)46(58)61-29-38(53(11)25-31(2)41(30)55)28-54(26-36-16-14-18-50-23-36)27-37-17-15-19-51-24-37/h14-19,23-24,30-35,38-45,47,55-57H,20-22,25-29H2,1-13H3/t30-,31-,32-,33+,34-,35+,38+,39+,40+,41+,42-,43+,44+,45-,47+,48-,49+/m1/s1.